The lowest BCUT2D eigenvalue weighted by Gasteiger charge is -2.19. The molecule has 1 unspecified atom stereocenters. The normalized spacial score (nSPS) is 12.8. The average Bonchev–Trinajstić information content (AvgIpc) is 2.34. The fourth-order valence-corrected chi connectivity index (χ4v) is 1.53. The average molecular weight is 317 g/mol. The number of anilines is 1. The van der Waals surface area contributed by atoms with Crippen molar-refractivity contribution in [3.8, 4) is 0 Å². The first kappa shape index (κ1) is 17.7. The van der Waals surface area contributed by atoms with Gasteiger partial charge in [0.25, 0.3) is 0 Å². The quantitative estimate of drug-likeness (QED) is 0.865. The van der Waals surface area contributed by atoms with Crippen LogP contribution in [0.4, 0.5) is 19.5 Å². The van der Waals surface area contributed by atoms with Gasteiger partial charge in [0.2, 0.25) is 12.4 Å². The van der Waals surface area contributed by atoms with Gasteiger partial charge in [0, 0.05) is 12.4 Å². The number of nitrogens with one attached hydrogen (secondary N) is 1. The molecule has 22 heavy (non-hydrogen) atoms. The standard InChI is InChI=1S/C13H17F2N3O4/c1-13(2,3)22-12(21)18-11-16-5-7(6-17-11)8(10(14)15)4-9(19)20/h5-6,8,10H,4H2,1-3H3,(H,19,20)(H,16,17,18,21). The summed E-state index contributed by atoms with van der Waals surface area (Å²) in [5.41, 5.74) is -0.723. The van der Waals surface area contributed by atoms with E-state index >= 15 is 0 Å². The summed E-state index contributed by atoms with van der Waals surface area (Å²) in [6, 6.07) is 0. The first-order valence-electron chi connectivity index (χ1n) is 6.40. The Morgan fingerprint density at radius 3 is 2.27 bits per heavy atom. The number of hydrogen-bond donors (Lipinski definition) is 2. The van der Waals surface area contributed by atoms with Crippen molar-refractivity contribution in [1.82, 2.24) is 9.97 Å². The molecule has 1 aromatic rings. The first-order valence-corrected chi connectivity index (χ1v) is 6.40. The molecule has 0 aliphatic carbocycles. The Bertz CT molecular complexity index is 529. The van der Waals surface area contributed by atoms with E-state index in [2.05, 4.69) is 15.3 Å². The predicted octanol–water partition coefficient (Wildman–Crippen LogP) is 2.65. The van der Waals surface area contributed by atoms with E-state index in [1.165, 1.54) is 0 Å². The number of carboxylic acids is 1. The van der Waals surface area contributed by atoms with E-state index < -0.39 is 36.4 Å². The van der Waals surface area contributed by atoms with E-state index in [-0.39, 0.29) is 11.5 Å². The Hall–Kier alpha value is -2.32. The van der Waals surface area contributed by atoms with Gasteiger partial charge in [-0.3, -0.25) is 10.1 Å². The molecule has 0 aromatic carbocycles. The van der Waals surface area contributed by atoms with Crippen LogP contribution in [0, 0.1) is 0 Å². The van der Waals surface area contributed by atoms with Crippen LogP contribution in [0.5, 0.6) is 0 Å². The molecule has 9 heteroatoms. The van der Waals surface area contributed by atoms with Crippen LogP contribution in [0.25, 0.3) is 0 Å². The van der Waals surface area contributed by atoms with E-state index in [0.29, 0.717) is 0 Å². The molecule has 0 bridgehead atoms. The Balaban J connectivity index is 2.77. The topological polar surface area (TPSA) is 101 Å². The monoisotopic (exact) mass is 317 g/mol. The number of rotatable bonds is 5. The van der Waals surface area contributed by atoms with Crippen LogP contribution >= 0.6 is 0 Å². The highest BCUT2D eigenvalue weighted by molar-refractivity contribution is 5.82. The van der Waals surface area contributed by atoms with Gasteiger partial charge in [0.1, 0.15) is 5.60 Å². The van der Waals surface area contributed by atoms with Crippen molar-refractivity contribution >= 4 is 18.0 Å². The van der Waals surface area contributed by atoms with Crippen molar-refractivity contribution in [2.75, 3.05) is 5.32 Å². The maximum absolute atomic E-state index is 12.8. The molecule has 7 nitrogen and oxygen atoms in total. The van der Waals surface area contributed by atoms with Crippen LogP contribution in [0.15, 0.2) is 12.4 Å². The van der Waals surface area contributed by atoms with Gasteiger partial charge in [0.05, 0.1) is 12.3 Å². The van der Waals surface area contributed by atoms with E-state index in [4.69, 9.17) is 9.84 Å². The number of amides is 1. The zero-order valence-electron chi connectivity index (χ0n) is 12.3. The van der Waals surface area contributed by atoms with Crippen molar-refractivity contribution in [3.63, 3.8) is 0 Å². The summed E-state index contributed by atoms with van der Waals surface area (Å²) in [6.45, 7) is 5.03. The van der Waals surface area contributed by atoms with E-state index in [9.17, 15) is 18.4 Å². The summed E-state index contributed by atoms with van der Waals surface area (Å²) < 4.78 is 30.6. The molecule has 1 amide bonds. The number of ether oxygens (including phenoxy) is 1. The Morgan fingerprint density at radius 1 is 1.32 bits per heavy atom. The second kappa shape index (κ2) is 7.10. The number of aliphatic carboxylic acids is 1. The highest BCUT2D eigenvalue weighted by Crippen LogP contribution is 2.26. The molecule has 0 aliphatic rings. The maximum atomic E-state index is 12.8. The van der Waals surface area contributed by atoms with E-state index in [0.717, 1.165) is 12.4 Å². The van der Waals surface area contributed by atoms with Crippen molar-refractivity contribution < 1.29 is 28.2 Å². The third kappa shape index (κ3) is 5.98. The van der Waals surface area contributed by atoms with Gasteiger partial charge in [-0.2, -0.15) is 0 Å². The largest absolute Gasteiger partial charge is 0.481 e. The Labute approximate surface area is 125 Å². The molecule has 1 heterocycles. The molecule has 1 aromatic heterocycles. The molecule has 122 valence electrons. The molecule has 1 rings (SSSR count). The van der Waals surface area contributed by atoms with Crippen LogP contribution in [0.2, 0.25) is 0 Å². The van der Waals surface area contributed by atoms with Crippen molar-refractivity contribution in [1.29, 1.82) is 0 Å². The minimum absolute atomic E-state index is 0.0212. The maximum Gasteiger partial charge on any atom is 0.414 e. The van der Waals surface area contributed by atoms with Crippen LogP contribution in [-0.2, 0) is 9.53 Å². The number of alkyl halides is 2. The minimum atomic E-state index is -2.86. The zero-order chi connectivity index (χ0) is 16.9. The Morgan fingerprint density at radius 2 is 1.86 bits per heavy atom. The van der Waals surface area contributed by atoms with Crippen molar-refractivity contribution in [2.45, 2.75) is 45.1 Å². The lowest BCUT2D eigenvalue weighted by molar-refractivity contribution is -0.138. The van der Waals surface area contributed by atoms with Crippen LogP contribution < -0.4 is 5.32 Å². The molecule has 0 aliphatic heterocycles. The van der Waals surface area contributed by atoms with Gasteiger partial charge < -0.3 is 9.84 Å². The van der Waals surface area contributed by atoms with Gasteiger partial charge in [-0.05, 0) is 26.3 Å². The number of carbonyl (C=O) groups excluding carboxylic acids is 1. The third-order valence-electron chi connectivity index (χ3n) is 2.41. The van der Waals surface area contributed by atoms with Gasteiger partial charge >= 0.3 is 12.1 Å². The third-order valence-corrected chi connectivity index (χ3v) is 2.41. The van der Waals surface area contributed by atoms with E-state index in [1.54, 1.807) is 20.8 Å². The number of halogens is 2. The summed E-state index contributed by atoms with van der Waals surface area (Å²) in [5.74, 6) is -2.98. The number of carbonyl (C=O) groups is 2. The second-order valence-electron chi connectivity index (χ2n) is 5.51. The van der Waals surface area contributed by atoms with Gasteiger partial charge in [0.15, 0.2) is 0 Å². The second-order valence-corrected chi connectivity index (χ2v) is 5.51. The van der Waals surface area contributed by atoms with E-state index in [1.807, 2.05) is 0 Å². The number of nitrogens with zero attached hydrogens (tertiary/aromatic N) is 2. The van der Waals surface area contributed by atoms with Crippen molar-refractivity contribution in [3.05, 3.63) is 18.0 Å². The summed E-state index contributed by atoms with van der Waals surface area (Å²) in [6.07, 6.45) is -2.26. The molecule has 2 N–H and O–H groups in total. The fraction of sp³-hybridized carbons (Fsp3) is 0.538. The highest BCUT2D eigenvalue weighted by atomic mass is 19.3. The van der Waals surface area contributed by atoms with Crippen LogP contribution in [-0.4, -0.2) is 39.2 Å². The number of hydrogen-bond acceptors (Lipinski definition) is 5. The molecule has 0 fully saturated rings. The fourth-order valence-electron chi connectivity index (χ4n) is 1.53. The zero-order valence-corrected chi connectivity index (χ0v) is 12.3. The van der Waals surface area contributed by atoms with Gasteiger partial charge in [-0.1, -0.05) is 0 Å². The summed E-state index contributed by atoms with van der Waals surface area (Å²) in [5, 5.41) is 10.9. The lowest BCUT2D eigenvalue weighted by atomic mass is 9.99. The molecule has 1 atom stereocenters. The number of carboxylic acid groups (broad SMARTS) is 1. The molecular weight excluding hydrogens is 300 g/mol. The molecule has 0 radical (unpaired) electrons. The summed E-state index contributed by atoms with van der Waals surface area (Å²) in [4.78, 5) is 29.5. The predicted molar refractivity (Wildman–Crippen MR) is 72.9 cm³/mol. The molecular formula is C13H17F2N3O4. The lowest BCUT2D eigenvalue weighted by Crippen LogP contribution is -2.27. The van der Waals surface area contributed by atoms with Crippen LogP contribution in [0.1, 0.15) is 38.7 Å². The Kier molecular flexibility index (Phi) is 5.72. The minimum Gasteiger partial charge on any atom is -0.481 e. The molecule has 0 spiro atoms. The number of aromatic nitrogens is 2. The van der Waals surface area contributed by atoms with Crippen LogP contribution in [0.3, 0.4) is 0 Å². The van der Waals surface area contributed by atoms with Gasteiger partial charge in [-0.15, -0.1) is 0 Å². The smallest absolute Gasteiger partial charge is 0.414 e. The SMILES string of the molecule is CC(C)(C)OC(=O)Nc1ncc(C(CC(=O)O)C(F)F)cn1. The van der Waals surface area contributed by atoms with Crippen molar-refractivity contribution in [2.24, 2.45) is 0 Å². The molecule has 0 saturated heterocycles. The summed E-state index contributed by atoms with van der Waals surface area (Å²) in [7, 11) is 0. The highest BCUT2D eigenvalue weighted by Gasteiger charge is 2.26. The summed E-state index contributed by atoms with van der Waals surface area (Å²) >= 11 is 0. The van der Waals surface area contributed by atoms with Gasteiger partial charge in [-0.25, -0.2) is 23.5 Å². The first-order chi connectivity index (χ1) is 10.1. The molecule has 0 saturated carbocycles.